The number of carbonyl (C=O) groups is 2. The standard InChI is InChI=1S/C11H22N2O4/c1-7(12-9(14)16-5)8(11(2,3)4)13-10(15)17-6/h7-8H,1-6H3,(H,12,14)(H,13,15). The van der Waals surface area contributed by atoms with Crippen molar-refractivity contribution in [2.75, 3.05) is 14.2 Å². The van der Waals surface area contributed by atoms with Crippen molar-refractivity contribution in [3.63, 3.8) is 0 Å². The fourth-order valence-corrected chi connectivity index (χ4v) is 1.61. The largest absolute Gasteiger partial charge is 0.453 e. The third-order valence-electron chi connectivity index (χ3n) is 2.42. The van der Waals surface area contributed by atoms with Crippen molar-refractivity contribution in [2.45, 2.75) is 39.8 Å². The molecule has 0 heterocycles. The van der Waals surface area contributed by atoms with Crippen LogP contribution >= 0.6 is 0 Å². The molecular weight excluding hydrogens is 224 g/mol. The first-order valence-corrected chi connectivity index (χ1v) is 5.41. The second-order valence-corrected chi connectivity index (χ2v) is 4.90. The van der Waals surface area contributed by atoms with Gasteiger partial charge in [-0.3, -0.25) is 0 Å². The number of carbonyl (C=O) groups excluding carboxylic acids is 2. The van der Waals surface area contributed by atoms with E-state index >= 15 is 0 Å². The molecule has 6 nitrogen and oxygen atoms in total. The summed E-state index contributed by atoms with van der Waals surface area (Å²) in [5.74, 6) is 0. The van der Waals surface area contributed by atoms with E-state index in [2.05, 4.69) is 20.1 Å². The Labute approximate surface area is 102 Å². The molecule has 0 spiro atoms. The Morgan fingerprint density at radius 2 is 1.41 bits per heavy atom. The lowest BCUT2D eigenvalue weighted by molar-refractivity contribution is 0.136. The van der Waals surface area contributed by atoms with Crippen molar-refractivity contribution in [2.24, 2.45) is 5.41 Å². The average molecular weight is 246 g/mol. The molecule has 0 saturated carbocycles. The van der Waals surface area contributed by atoms with Crippen molar-refractivity contribution >= 4 is 12.2 Å². The molecule has 0 aliphatic heterocycles. The molecule has 0 saturated heterocycles. The van der Waals surface area contributed by atoms with Crippen molar-refractivity contribution < 1.29 is 19.1 Å². The van der Waals surface area contributed by atoms with Gasteiger partial charge >= 0.3 is 12.2 Å². The lowest BCUT2D eigenvalue weighted by Crippen LogP contribution is -2.56. The van der Waals surface area contributed by atoms with Crippen LogP contribution < -0.4 is 10.6 Å². The molecule has 2 atom stereocenters. The van der Waals surface area contributed by atoms with Crippen LogP contribution in [0.1, 0.15) is 27.7 Å². The van der Waals surface area contributed by atoms with Crippen molar-refractivity contribution in [3.8, 4) is 0 Å². The molecule has 2 N–H and O–H groups in total. The zero-order chi connectivity index (χ0) is 13.6. The summed E-state index contributed by atoms with van der Waals surface area (Å²) < 4.78 is 9.08. The topological polar surface area (TPSA) is 76.7 Å². The third kappa shape index (κ3) is 5.42. The molecule has 0 radical (unpaired) electrons. The number of ether oxygens (including phenoxy) is 2. The first-order chi connectivity index (χ1) is 7.72. The van der Waals surface area contributed by atoms with Gasteiger partial charge in [0.1, 0.15) is 0 Å². The zero-order valence-electron chi connectivity index (χ0n) is 11.3. The quantitative estimate of drug-likeness (QED) is 0.791. The van der Waals surface area contributed by atoms with Crippen LogP contribution in [0.25, 0.3) is 0 Å². The van der Waals surface area contributed by atoms with Crippen LogP contribution in [-0.2, 0) is 9.47 Å². The highest BCUT2D eigenvalue weighted by Gasteiger charge is 2.32. The SMILES string of the molecule is COC(=O)NC(C)C(NC(=O)OC)C(C)(C)C. The van der Waals surface area contributed by atoms with Crippen LogP contribution in [0.5, 0.6) is 0 Å². The molecule has 2 unspecified atom stereocenters. The smallest absolute Gasteiger partial charge is 0.407 e. The molecular formula is C11H22N2O4. The Kier molecular flexibility index (Phi) is 5.78. The van der Waals surface area contributed by atoms with Crippen molar-refractivity contribution in [1.82, 2.24) is 10.6 Å². The first kappa shape index (κ1) is 15.5. The molecule has 2 amide bonds. The van der Waals surface area contributed by atoms with Crippen LogP contribution in [0.3, 0.4) is 0 Å². The van der Waals surface area contributed by atoms with Gasteiger partial charge < -0.3 is 20.1 Å². The molecule has 100 valence electrons. The van der Waals surface area contributed by atoms with Crippen LogP contribution in [0.2, 0.25) is 0 Å². The fraction of sp³-hybridized carbons (Fsp3) is 0.818. The summed E-state index contributed by atoms with van der Waals surface area (Å²) >= 11 is 0. The predicted octanol–water partition coefficient (Wildman–Crippen LogP) is 1.50. The molecule has 6 heteroatoms. The number of nitrogens with one attached hydrogen (secondary N) is 2. The fourth-order valence-electron chi connectivity index (χ4n) is 1.61. The van der Waals surface area contributed by atoms with E-state index in [-0.39, 0.29) is 17.5 Å². The van der Waals surface area contributed by atoms with Gasteiger partial charge in [-0.15, -0.1) is 0 Å². The highest BCUT2D eigenvalue weighted by molar-refractivity contribution is 5.69. The van der Waals surface area contributed by atoms with E-state index < -0.39 is 12.2 Å². The highest BCUT2D eigenvalue weighted by atomic mass is 16.5. The maximum atomic E-state index is 11.3. The van der Waals surface area contributed by atoms with Crippen LogP contribution in [0, 0.1) is 5.41 Å². The molecule has 0 rings (SSSR count). The summed E-state index contributed by atoms with van der Waals surface area (Å²) in [5, 5.41) is 5.34. The highest BCUT2D eigenvalue weighted by Crippen LogP contribution is 2.22. The number of rotatable bonds is 3. The van der Waals surface area contributed by atoms with Crippen molar-refractivity contribution in [1.29, 1.82) is 0 Å². The van der Waals surface area contributed by atoms with Crippen LogP contribution in [-0.4, -0.2) is 38.5 Å². The zero-order valence-corrected chi connectivity index (χ0v) is 11.3. The average Bonchev–Trinajstić information content (AvgIpc) is 2.23. The van der Waals surface area contributed by atoms with E-state index in [4.69, 9.17) is 0 Å². The summed E-state index contributed by atoms with van der Waals surface area (Å²) in [4.78, 5) is 22.4. The van der Waals surface area contributed by atoms with E-state index in [9.17, 15) is 9.59 Å². The van der Waals surface area contributed by atoms with Gasteiger partial charge in [0, 0.05) is 0 Å². The van der Waals surface area contributed by atoms with Gasteiger partial charge in [0.05, 0.1) is 26.3 Å². The number of methoxy groups -OCH3 is 2. The lowest BCUT2D eigenvalue weighted by atomic mass is 9.83. The molecule has 0 aromatic rings. The second-order valence-electron chi connectivity index (χ2n) is 4.90. The number of amides is 2. The Morgan fingerprint density at radius 3 is 1.76 bits per heavy atom. The Balaban J connectivity index is 4.68. The van der Waals surface area contributed by atoms with Gasteiger partial charge in [0.2, 0.25) is 0 Å². The summed E-state index contributed by atoms with van der Waals surface area (Å²) in [6.45, 7) is 7.68. The van der Waals surface area contributed by atoms with Crippen molar-refractivity contribution in [3.05, 3.63) is 0 Å². The summed E-state index contributed by atoms with van der Waals surface area (Å²) in [5.41, 5.74) is -0.228. The molecule has 17 heavy (non-hydrogen) atoms. The number of hydrogen-bond acceptors (Lipinski definition) is 4. The normalized spacial score (nSPS) is 14.5. The number of alkyl carbamates (subject to hydrolysis) is 2. The van der Waals surface area contributed by atoms with Gasteiger partial charge in [0.25, 0.3) is 0 Å². The second kappa shape index (κ2) is 6.32. The van der Waals surface area contributed by atoms with E-state index in [0.717, 1.165) is 0 Å². The van der Waals surface area contributed by atoms with Gasteiger partial charge in [-0.05, 0) is 12.3 Å². The molecule has 0 aromatic heterocycles. The third-order valence-corrected chi connectivity index (χ3v) is 2.42. The first-order valence-electron chi connectivity index (χ1n) is 5.41. The lowest BCUT2D eigenvalue weighted by Gasteiger charge is -2.35. The Morgan fingerprint density at radius 1 is 1.00 bits per heavy atom. The molecule has 0 fully saturated rings. The number of hydrogen-bond donors (Lipinski definition) is 2. The maximum Gasteiger partial charge on any atom is 0.407 e. The van der Waals surface area contributed by atoms with E-state index in [1.807, 2.05) is 20.8 Å². The minimum atomic E-state index is -0.529. The van der Waals surface area contributed by atoms with Gasteiger partial charge in [-0.1, -0.05) is 20.8 Å². The van der Waals surface area contributed by atoms with Crippen LogP contribution in [0.4, 0.5) is 9.59 Å². The molecule has 0 aromatic carbocycles. The van der Waals surface area contributed by atoms with Gasteiger partial charge in [0.15, 0.2) is 0 Å². The van der Waals surface area contributed by atoms with E-state index in [1.165, 1.54) is 14.2 Å². The Hall–Kier alpha value is -1.46. The Bertz CT molecular complexity index is 273. The molecule has 0 bridgehead atoms. The van der Waals surface area contributed by atoms with E-state index in [0.29, 0.717) is 0 Å². The minimum absolute atomic E-state index is 0.228. The maximum absolute atomic E-state index is 11.3. The van der Waals surface area contributed by atoms with E-state index in [1.54, 1.807) is 6.92 Å². The predicted molar refractivity (Wildman–Crippen MR) is 63.8 cm³/mol. The summed E-state index contributed by atoms with van der Waals surface area (Å²) in [7, 11) is 2.59. The van der Waals surface area contributed by atoms with Gasteiger partial charge in [-0.25, -0.2) is 9.59 Å². The minimum Gasteiger partial charge on any atom is -0.453 e. The monoisotopic (exact) mass is 246 g/mol. The van der Waals surface area contributed by atoms with Gasteiger partial charge in [-0.2, -0.15) is 0 Å². The molecule has 0 aliphatic rings. The summed E-state index contributed by atoms with van der Waals surface area (Å²) in [6.07, 6.45) is -1.05. The summed E-state index contributed by atoms with van der Waals surface area (Å²) in [6, 6.07) is -0.546. The van der Waals surface area contributed by atoms with Crippen LogP contribution in [0.15, 0.2) is 0 Å². The molecule has 0 aliphatic carbocycles.